The third kappa shape index (κ3) is 7.10. The van der Waals surface area contributed by atoms with Crippen LogP contribution in [-0.2, 0) is 4.79 Å². The van der Waals surface area contributed by atoms with Crippen molar-refractivity contribution in [1.29, 1.82) is 0 Å². The predicted molar refractivity (Wildman–Crippen MR) is 100 cm³/mol. The lowest BCUT2D eigenvalue weighted by molar-refractivity contribution is -0.174. The highest BCUT2D eigenvalue weighted by molar-refractivity contribution is 6.32. The molecular formula is C18H14ClF7N4O3. The standard InChI is InChI=1S/C18H14ClF7N4O3/c1-7(28-17(32)30-29-16(31)18(24,25)26)14-12(21)2-8(5-27-14)10-3-9(20)4-11(19)15(10)33-6-13(22)23/h2-5,7,13H,6H2,1H3,(H,29,31)(H2,28,30,32)/t7-/m1/s1. The number of amides is 3. The first-order valence-electron chi connectivity index (χ1n) is 8.79. The topological polar surface area (TPSA) is 92.4 Å². The zero-order valence-corrected chi connectivity index (χ0v) is 17.1. The number of benzene rings is 1. The first-order valence-corrected chi connectivity index (χ1v) is 9.16. The molecule has 0 aliphatic carbocycles. The summed E-state index contributed by atoms with van der Waals surface area (Å²) >= 11 is 5.85. The highest BCUT2D eigenvalue weighted by Crippen LogP contribution is 2.38. The van der Waals surface area contributed by atoms with Crippen LogP contribution in [0.1, 0.15) is 18.7 Å². The van der Waals surface area contributed by atoms with Crippen LogP contribution >= 0.6 is 11.6 Å². The molecule has 0 unspecified atom stereocenters. The predicted octanol–water partition coefficient (Wildman–Crippen LogP) is 4.28. The number of nitrogens with zero attached hydrogens (tertiary/aromatic N) is 1. The molecule has 1 aromatic heterocycles. The fraction of sp³-hybridized carbons (Fsp3) is 0.278. The van der Waals surface area contributed by atoms with Gasteiger partial charge in [0, 0.05) is 17.3 Å². The summed E-state index contributed by atoms with van der Waals surface area (Å²) in [5.41, 5.74) is 1.88. The lowest BCUT2D eigenvalue weighted by Crippen LogP contribution is -2.51. The van der Waals surface area contributed by atoms with Crippen molar-refractivity contribution in [1.82, 2.24) is 21.2 Å². The number of aromatic nitrogens is 1. The lowest BCUT2D eigenvalue weighted by atomic mass is 10.0. The number of pyridine rings is 1. The molecule has 0 saturated heterocycles. The summed E-state index contributed by atoms with van der Waals surface area (Å²) in [4.78, 5) is 26.1. The Morgan fingerprint density at radius 1 is 1.15 bits per heavy atom. The van der Waals surface area contributed by atoms with Gasteiger partial charge in [-0.25, -0.2) is 27.8 Å². The third-order valence-corrected chi connectivity index (χ3v) is 4.13. The molecule has 33 heavy (non-hydrogen) atoms. The van der Waals surface area contributed by atoms with Gasteiger partial charge in [-0.05, 0) is 25.1 Å². The molecule has 0 spiro atoms. The van der Waals surface area contributed by atoms with E-state index in [1.807, 2.05) is 5.32 Å². The summed E-state index contributed by atoms with van der Waals surface area (Å²) in [6.45, 7) is 0.166. The average Bonchev–Trinajstić information content (AvgIpc) is 2.69. The van der Waals surface area contributed by atoms with Crippen LogP contribution in [0.25, 0.3) is 11.1 Å². The summed E-state index contributed by atoms with van der Waals surface area (Å²) in [6, 6.07) is 0.00919. The Morgan fingerprint density at radius 2 is 1.82 bits per heavy atom. The molecule has 0 aliphatic rings. The highest BCUT2D eigenvalue weighted by atomic mass is 35.5. The molecule has 0 saturated carbocycles. The van der Waals surface area contributed by atoms with Gasteiger partial charge in [-0.1, -0.05) is 11.6 Å². The molecule has 0 bridgehead atoms. The van der Waals surface area contributed by atoms with Crippen LogP contribution in [0.3, 0.4) is 0 Å². The van der Waals surface area contributed by atoms with Gasteiger partial charge in [-0.3, -0.25) is 15.2 Å². The fourth-order valence-electron chi connectivity index (χ4n) is 2.47. The maximum atomic E-state index is 14.6. The van der Waals surface area contributed by atoms with E-state index >= 15 is 0 Å². The molecule has 7 nitrogen and oxygen atoms in total. The Balaban J connectivity index is 2.20. The van der Waals surface area contributed by atoms with E-state index in [2.05, 4.69) is 4.98 Å². The van der Waals surface area contributed by atoms with Crippen molar-refractivity contribution in [2.45, 2.75) is 25.6 Å². The first kappa shape index (κ1) is 26.0. The smallest absolute Gasteiger partial charge is 0.472 e. The molecule has 2 rings (SSSR count). The molecule has 0 radical (unpaired) electrons. The molecule has 2 aromatic rings. The van der Waals surface area contributed by atoms with Crippen molar-refractivity contribution in [3.8, 4) is 16.9 Å². The van der Waals surface area contributed by atoms with Crippen LogP contribution in [-0.4, -0.2) is 36.1 Å². The normalized spacial score (nSPS) is 12.3. The summed E-state index contributed by atoms with van der Waals surface area (Å²) in [7, 11) is 0. The lowest BCUT2D eigenvalue weighted by Gasteiger charge is -2.17. The number of hydrazine groups is 1. The Hall–Kier alpha value is -3.29. The van der Waals surface area contributed by atoms with Gasteiger partial charge in [0.15, 0.2) is 0 Å². The molecule has 1 heterocycles. The number of ether oxygens (including phenoxy) is 1. The van der Waals surface area contributed by atoms with E-state index in [1.54, 1.807) is 0 Å². The second-order valence-corrected chi connectivity index (χ2v) is 6.74. The second-order valence-electron chi connectivity index (χ2n) is 6.33. The molecular weight excluding hydrogens is 489 g/mol. The first-order chi connectivity index (χ1) is 15.3. The van der Waals surface area contributed by atoms with E-state index in [0.717, 1.165) is 29.8 Å². The van der Waals surface area contributed by atoms with Gasteiger partial charge in [0.25, 0.3) is 6.43 Å². The molecule has 3 N–H and O–H groups in total. The van der Waals surface area contributed by atoms with Gasteiger partial charge in [0.05, 0.1) is 16.8 Å². The highest BCUT2D eigenvalue weighted by Gasteiger charge is 2.39. The minimum atomic E-state index is -5.24. The molecule has 180 valence electrons. The van der Waals surface area contributed by atoms with Gasteiger partial charge in [-0.2, -0.15) is 13.2 Å². The maximum Gasteiger partial charge on any atom is 0.472 e. The Labute approximate surface area is 186 Å². The van der Waals surface area contributed by atoms with Crippen LogP contribution in [0.2, 0.25) is 5.02 Å². The number of halogens is 8. The van der Waals surface area contributed by atoms with E-state index in [9.17, 15) is 40.3 Å². The molecule has 1 atom stereocenters. The summed E-state index contributed by atoms with van der Waals surface area (Å²) in [5.74, 6) is -4.67. The number of hydrogen-bond donors (Lipinski definition) is 3. The van der Waals surface area contributed by atoms with E-state index in [1.165, 1.54) is 12.3 Å². The van der Waals surface area contributed by atoms with Crippen LogP contribution in [0.15, 0.2) is 24.4 Å². The number of carbonyl (C=O) groups is 2. The molecule has 0 aliphatic heterocycles. The summed E-state index contributed by atoms with van der Waals surface area (Å²) in [5, 5.41) is 1.70. The van der Waals surface area contributed by atoms with Gasteiger partial charge in [0.2, 0.25) is 0 Å². The quantitative estimate of drug-likeness (QED) is 0.406. The minimum Gasteiger partial charge on any atom is -0.485 e. The largest absolute Gasteiger partial charge is 0.485 e. The van der Waals surface area contributed by atoms with Gasteiger partial charge in [-0.15, -0.1) is 0 Å². The van der Waals surface area contributed by atoms with E-state index in [-0.39, 0.29) is 27.6 Å². The molecule has 0 fully saturated rings. The van der Waals surface area contributed by atoms with E-state index in [4.69, 9.17) is 16.3 Å². The van der Waals surface area contributed by atoms with Crippen LogP contribution in [0.4, 0.5) is 35.5 Å². The number of carbonyl (C=O) groups excluding carboxylic acids is 2. The van der Waals surface area contributed by atoms with Crippen LogP contribution in [0.5, 0.6) is 5.75 Å². The maximum absolute atomic E-state index is 14.6. The molecule has 3 amide bonds. The van der Waals surface area contributed by atoms with Crippen LogP contribution < -0.4 is 20.9 Å². The van der Waals surface area contributed by atoms with Crippen molar-refractivity contribution in [2.24, 2.45) is 0 Å². The summed E-state index contributed by atoms with van der Waals surface area (Å²) < 4.78 is 94.6. The van der Waals surface area contributed by atoms with Crippen molar-refractivity contribution < 1.29 is 45.1 Å². The van der Waals surface area contributed by atoms with Crippen molar-refractivity contribution >= 4 is 23.5 Å². The van der Waals surface area contributed by atoms with E-state index in [0.29, 0.717) is 0 Å². The molecule has 15 heteroatoms. The Bertz CT molecular complexity index is 1040. The monoisotopic (exact) mass is 502 g/mol. The van der Waals surface area contributed by atoms with Gasteiger partial charge >= 0.3 is 18.1 Å². The van der Waals surface area contributed by atoms with Gasteiger partial charge in [0.1, 0.15) is 24.0 Å². The number of urea groups is 1. The second kappa shape index (κ2) is 10.6. The minimum absolute atomic E-state index is 0.101. The average molecular weight is 503 g/mol. The Morgan fingerprint density at radius 3 is 2.39 bits per heavy atom. The van der Waals surface area contributed by atoms with Crippen LogP contribution in [0, 0.1) is 11.6 Å². The summed E-state index contributed by atoms with van der Waals surface area (Å²) in [6.07, 6.45) is -7.09. The number of rotatable bonds is 6. The van der Waals surface area contributed by atoms with Crippen molar-refractivity contribution in [2.75, 3.05) is 6.61 Å². The number of alkyl halides is 5. The Kier molecular flexibility index (Phi) is 8.30. The van der Waals surface area contributed by atoms with E-state index < -0.39 is 48.8 Å². The molecule has 1 aromatic carbocycles. The van der Waals surface area contributed by atoms with Gasteiger partial charge < -0.3 is 10.1 Å². The zero-order valence-electron chi connectivity index (χ0n) is 16.4. The number of hydrogen-bond acceptors (Lipinski definition) is 4. The number of nitrogens with one attached hydrogen (secondary N) is 3. The SMILES string of the molecule is C[C@@H](NC(=O)NNC(=O)C(F)(F)F)c1ncc(-c2cc(F)cc(Cl)c2OCC(F)F)cc1F. The van der Waals surface area contributed by atoms with Crippen molar-refractivity contribution in [3.05, 3.63) is 46.7 Å². The fourth-order valence-corrected chi connectivity index (χ4v) is 2.73. The van der Waals surface area contributed by atoms with Crippen molar-refractivity contribution in [3.63, 3.8) is 0 Å². The third-order valence-electron chi connectivity index (χ3n) is 3.85. The zero-order chi connectivity index (χ0) is 24.9.